The summed E-state index contributed by atoms with van der Waals surface area (Å²) in [5.74, 6) is 0.830. The van der Waals surface area contributed by atoms with E-state index in [0.29, 0.717) is 13.1 Å². The van der Waals surface area contributed by atoms with Gasteiger partial charge < -0.3 is 54.6 Å². The van der Waals surface area contributed by atoms with E-state index in [2.05, 4.69) is 103 Å². The van der Waals surface area contributed by atoms with Crippen LogP contribution in [0, 0.1) is 11.8 Å². The number of hydrogen-bond donors (Lipinski definition) is 4. The van der Waals surface area contributed by atoms with Crippen molar-refractivity contribution in [3.63, 3.8) is 0 Å². The van der Waals surface area contributed by atoms with E-state index >= 15 is 0 Å². The van der Waals surface area contributed by atoms with E-state index in [0.717, 1.165) is 104 Å². The number of aromatic nitrogens is 4. The number of carbonyl (C=O) groups is 4. The molecule has 4 fully saturated rings. The molecule has 3 aromatic carbocycles. The first kappa shape index (κ1) is 46.7. The van der Waals surface area contributed by atoms with Crippen molar-refractivity contribution >= 4 is 57.4 Å². The van der Waals surface area contributed by atoms with Gasteiger partial charge in [-0.1, -0.05) is 39.8 Å². The lowest BCUT2D eigenvalue weighted by Crippen LogP contribution is -2.51. The minimum Gasteiger partial charge on any atom is -0.453 e. The average Bonchev–Trinajstić information content (AvgIpc) is 4.20. The van der Waals surface area contributed by atoms with Crippen LogP contribution in [-0.2, 0) is 19.1 Å². The molecule has 4 aliphatic rings. The number of nitrogens with zero attached hydrogens (tertiary/aromatic N) is 7. The Kier molecular flexibility index (Phi) is 13.5. The van der Waals surface area contributed by atoms with Crippen molar-refractivity contribution in [2.45, 2.75) is 103 Å². The zero-order valence-corrected chi connectivity index (χ0v) is 40.5. The number of anilines is 2. The number of likely N-dealkylation sites (tertiary alicyclic amines) is 2. The number of ether oxygens (including phenoxy) is 2. The number of carbonyl (C=O) groups excluding carboxylic acids is 4. The van der Waals surface area contributed by atoms with Crippen molar-refractivity contribution in [3.8, 4) is 0 Å². The largest absolute Gasteiger partial charge is 0.453 e. The van der Waals surface area contributed by atoms with Crippen LogP contribution in [0.15, 0.2) is 60.7 Å². The van der Waals surface area contributed by atoms with Gasteiger partial charge in [-0.3, -0.25) is 9.59 Å². The zero-order valence-electron chi connectivity index (χ0n) is 40.5. The first-order valence-corrected chi connectivity index (χ1v) is 24.5. The molecule has 4 saturated heterocycles. The van der Waals surface area contributed by atoms with Crippen LogP contribution in [0.2, 0.25) is 0 Å². The normalized spacial score (nSPS) is 22.1. The maximum atomic E-state index is 13.9. The van der Waals surface area contributed by atoms with Crippen LogP contribution in [-0.4, -0.2) is 131 Å². The van der Waals surface area contributed by atoms with Crippen LogP contribution in [0.4, 0.5) is 21.0 Å². The van der Waals surface area contributed by atoms with E-state index in [1.165, 1.54) is 31.0 Å². The highest BCUT2D eigenvalue weighted by molar-refractivity contribution is 5.87. The quantitative estimate of drug-likeness (QED) is 0.0981. The summed E-state index contributed by atoms with van der Waals surface area (Å²) in [7, 11) is 4.97. The van der Waals surface area contributed by atoms with E-state index in [4.69, 9.17) is 19.4 Å². The van der Waals surface area contributed by atoms with Crippen molar-refractivity contribution in [2.24, 2.45) is 11.8 Å². The maximum Gasteiger partial charge on any atom is 0.407 e. The van der Waals surface area contributed by atoms with Crippen LogP contribution in [0.1, 0.15) is 113 Å². The predicted octanol–water partition coefficient (Wildman–Crippen LogP) is 7.36. The number of methoxy groups -OCH3 is 1. The number of rotatable bonds is 12. The molecule has 9 rings (SSSR count). The minimum atomic E-state index is -0.895. The molecule has 0 bridgehead atoms. The van der Waals surface area contributed by atoms with Gasteiger partial charge in [0.2, 0.25) is 5.91 Å². The van der Waals surface area contributed by atoms with Gasteiger partial charge in [-0.25, -0.2) is 19.6 Å². The highest BCUT2D eigenvalue weighted by Crippen LogP contribution is 2.48. The fourth-order valence-corrected chi connectivity index (χ4v) is 10.9. The van der Waals surface area contributed by atoms with Crippen LogP contribution in [0.25, 0.3) is 22.1 Å². The minimum absolute atomic E-state index is 0.0526. The van der Waals surface area contributed by atoms with Gasteiger partial charge in [0.05, 0.1) is 53.3 Å². The van der Waals surface area contributed by atoms with Crippen LogP contribution < -0.4 is 20.4 Å². The summed E-state index contributed by atoms with van der Waals surface area (Å²) < 4.78 is 10.4. The van der Waals surface area contributed by atoms with Crippen molar-refractivity contribution in [1.82, 2.24) is 45.3 Å². The van der Waals surface area contributed by atoms with Gasteiger partial charge in [-0.15, -0.1) is 0 Å². The molecule has 4 aliphatic heterocycles. The van der Waals surface area contributed by atoms with Crippen LogP contribution >= 0.6 is 0 Å². The molecule has 68 heavy (non-hydrogen) atoms. The average molecular weight is 930 g/mol. The number of fused-ring (bicyclic) bond motifs is 2. The Balaban J connectivity index is 1.01. The second-order valence-corrected chi connectivity index (χ2v) is 19.7. The lowest BCUT2D eigenvalue weighted by Gasteiger charge is -2.36. The summed E-state index contributed by atoms with van der Waals surface area (Å²) in [6, 6.07) is 21.0. The van der Waals surface area contributed by atoms with Crippen molar-refractivity contribution in [2.75, 3.05) is 70.3 Å². The molecule has 6 atom stereocenters. The lowest BCUT2D eigenvalue weighted by atomic mass is 10.0. The molecule has 6 heterocycles. The van der Waals surface area contributed by atoms with Crippen molar-refractivity contribution in [3.05, 3.63) is 83.4 Å². The lowest BCUT2D eigenvalue weighted by molar-refractivity contribution is -0.143. The van der Waals surface area contributed by atoms with E-state index in [9.17, 15) is 19.2 Å². The van der Waals surface area contributed by atoms with E-state index in [1.54, 1.807) is 0 Å². The molecule has 0 radical (unpaired) electrons. The molecule has 0 spiro atoms. The van der Waals surface area contributed by atoms with E-state index in [1.807, 2.05) is 37.5 Å². The topological polar surface area (TPSA) is 184 Å². The Bertz CT molecular complexity index is 2470. The third-order valence-corrected chi connectivity index (χ3v) is 14.6. The first-order chi connectivity index (χ1) is 32.8. The number of amides is 4. The number of nitrogens with one attached hydrogen (secondary N) is 4. The highest BCUT2D eigenvalue weighted by Gasteiger charge is 2.41. The summed E-state index contributed by atoms with van der Waals surface area (Å²) in [5, 5.41) is 5.23. The summed E-state index contributed by atoms with van der Waals surface area (Å²) in [6.07, 6.45) is 2.90. The van der Waals surface area contributed by atoms with Gasteiger partial charge in [0.1, 0.15) is 17.7 Å². The van der Waals surface area contributed by atoms with E-state index in [-0.39, 0.29) is 47.8 Å². The molecular formula is C51H67N11O6. The summed E-state index contributed by atoms with van der Waals surface area (Å²) in [6.45, 7) is 12.8. The molecule has 362 valence electrons. The second kappa shape index (κ2) is 19.7. The molecule has 0 aliphatic carbocycles. The van der Waals surface area contributed by atoms with Gasteiger partial charge in [0.15, 0.2) is 6.10 Å². The Morgan fingerprint density at radius 3 is 1.85 bits per heavy atom. The van der Waals surface area contributed by atoms with Gasteiger partial charge in [0.25, 0.3) is 5.91 Å². The molecule has 0 unspecified atom stereocenters. The summed E-state index contributed by atoms with van der Waals surface area (Å²) in [5.41, 5.74) is 8.22. The standard InChI is InChI=1S/C51H67N11O6/c1-30(2)44(57-51(66)67-7)48(63)60-22-8-10-42(60)46-53-36-18-12-32(28-38(36)55-46)40-20-21-41(62(40)35-16-14-34(15-17-35)59-26-24-58(6)25-27-59)33-13-19-37-39(29-33)56-47(54-37)43-11-9-23-61(43)49(64)45(31(3)4)68-50(65)52-5/h12-19,28-31,40-45H,8-11,20-27H2,1-7H3,(H,52,65)(H,53,55)(H,54,56)(H,57,66)/t40-,41-,42+,43+,44+,45+/m1/s1. The predicted molar refractivity (Wildman–Crippen MR) is 261 cm³/mol. The fraction of sp³-hybridized carbons (Fsp3) is 0.529. The monoisotopic (exact) mass is 930 g/mol. The number of aromatic amines is 2. The number of benzene rings is 3. The first-order valence-electron chi connectivity index (χ1n) is 24.5. The Morgan fingerprint density at radius 1 is 0.647 bits per heavy atom. The summed E-state index contributed by atoms with van der Waals surface area (Å²) >= 11 is 0. The molecule has 17 heteroatoms. The third kappa shape index (κ3) is 9.28. The maximum absolute atomic E-state index is 13.9. The van der Waals surface area contributed by atoms with Gasteiger partial charge in [-0.05, 0) is 117 Å². The number of imidazole rings is 2. The number of H-pyrrole nitrogens is 2. The molecule has 0 saturated carbocycles. The molecule has 4 N–H and O–H groups in total. The van der Waals surface area contributed by atoms with Gasteiger partial charge >= 0.3 is 12.2 Å². The Labute approximate surface area is 398 Å². The second-order valence-electron chi connectivity index (χ2n) is 19.7. The van der Waals surface area contributed by atoms with Crippen molar-refractivity contribution in [1.29, 1.82) is 0 Å². The smallest absolute Gasteiger partial charge is 0.407 e. The molecule has 17 nitrogen and oxygen atoms in total. The molecule has 2 aromatic heterocycles. The SMILES string of the molecule is CNC(=O)O[C@H](C(=O)N1CCC[C@H]1c1nc2ccc([C@H]3CC[C@H](c4ccc5[nH]c([C@@H]6CCCN6C(=O)[C@@H](NC(=O)OC)C(C)C)nc5c4)N3c3ccc(N4CCN(C)CC4)cc3)cc2[nH]1)C(C)C. The summed E-state index contributed by atoms with van der Waals surface area (Å²) in [4.78, 5) is 80.6. The zero-order chi connectivity index (χ0) is 47.8. The molecule has 5 aromatic rings. The van der Waals surface area contributed by atoms with Gasteiger partial charge in [0, 0.05) is 57.7 Å². The Hall–Kier alpha value is -6.36. The Morgan fingerprint density at radius 2 is 1.24 bits per heavy atom. The number of hydrogen-bond acceptors (Lipinski definition) is 11. The third-order valence-electron chi connectivity index (χ3n) is 14.6. The van der Waals surface area contributed by atoms with Crippen LogP contribution in [0.5, 0.6) is 0 Å². The highest BCUT2D eigenvalue weighted by atomic mass is 16.6. The fourth-order valence-electron chi connectivity index (χ4n) is 10.9. The van der Waals surface area contributed by atoms with Gasteiger partial charge in [-0.2, -0.15) is 0 Å². The molecular weight excluding hydrogens is 863 g/mol. The number of alkyl carbamates (subject to hydrolysis) is 2. The number of piperazine rings is 1. The number of likely N-dealkylation sites (N-methyl/N-ethyl adjacent to an activating group) is 1. The van der Waals surface area contributed by atoms with E-state index < -0.39 is 24.3 Å². The molecule has 4 amide bonds. The van der Waals surface area contributed by atoms with Crippen LogP contribution in [0.3, 0.4) is 0 Å². The van der Waals surface area contributed by atoms with Crippen molar-refractivity contribution < 1.29 is 28.7 Å².